The molecule has 3 N–H and O–H groups in total. The summed E-state index contributed by atoms with van der Waals surface area (Å²) in [5.74, 6) is -0.185. The fraction of sp³-hybridized carbons (Fsp3) is 0.803. The topological polar surface area (TPSA) is 105 Å². The van der Waals surface area contributed by atoms with Gasteiger partial charge in [-0.25, -0.2) is 4.57 Å². The molecule has 75 heavy (non-hydrogen) atoms. The number of phosphoric ester groups is 1. The predicted octanol–water partition coefficient (Wildman–Crippen LogP) is 19.8. The number of nitrogens with one attached hydrogen (secondary N) is 1. The lowest BCUT2D eigenvalue weighted by Gasteiger charge is -2.26. The van der Waals surface area contributed by atoms with Gasteiger partial charge < -0.3 is 19.8 Å². The second-order valence-corrected chi connectivity index (χ2v) is 24.2. The van der Waals surface area contributed by atoms with Gasteiger partial charge in [-0.15, -0.1) is 0 Å². The average Bonchev–Trinajstić information content (AvgIpc) is 3.37. The van der Waals surface area contributed by atoms with E-state index < -0.39 is 20.0 Å². The average molecular weight is 1070 g/mol. The van der Waals surface area contributed by atoms with Crippen molar-refractivity contribution in [1.82, 2.24) is 5.32 Å². The molecule has 0 saturated carbocycles. The second-order valence-electron chi connectivity index (χ2n) is 22.8. The van der Waals surface area contributed by atoms with Gasteiger partial charge in [0.15, 0.2) is 0 Å². The Bertz CT molecular complexity index is 1450. The van der Waals surface area contributed by atoms with Gasteiger partial charge in [-0.1, -0.05) is 292 Å². The normalized spacial score (nSPS) is 14.3. The summed E-state index contributed by atoms with van der Waals surface area (Å²) in [7, 11) is 1.58. The van der Waals surface area contributed by atoms with Gasteiger partial charge in [0, 0.05) is 6.42 Å². The number of nitrogens with zero attached hydrogens (tertiary/aromatic N) is 1. The van der Waals surface area contributed by atoms with Crippen LogP contribution in [0.25, 0.3) is 0 Å². The van der Waals surface area contributed by atoms with E-state index >= 15 is 0 Å². The summed E-state index contributed by atoms with van der Waals surface area (Å²) < 4.78 is 23.8. The van der Waals surface area contributed by atoms with Gasteiger partial charge >= 0.3 is 7.82 Å². The van der Waals surface area contributed by atoms with Crippen LogP contribution in [0.1, 0.15) is 290 Å². The number of carbonyl (C=O) groups excluding carboxylic acids is 1. The van der Waals surface area contributed by atoms with Gasteiger partial charge in [0.05, 0.1) is 39.9 Å². The number of likely N-dealkylation sites (N-methyl/N-ethyl adjacent to an activating group) is 1. The van der Waals surface area contributed by atoms with Crippen LogP contribution in [-0.2, 0) is 18.4 Å². The Kier molecular flexibility index (Phi) is 55.1. The molecule has 0 aromatic heterocycles. The summed E-state index contributed by atoms with van der Waals surface area (Å²) in [5.41, 5.74) is 0. The summed E-state index contributed by atoms with van der Waals surface area (Å²) in [5, 5.41) is 14.1. The van der Waals surface area contributed by atoms with Gasteiger partial charge in [-0.05, 0) is 64.2 Å². The lowest BCUT2D eigenvalue weighted by molar-refractivity contribution is -0.870. The number of allylic oxidation sites excluding steroid dienone is 12. The van der Waals surface area contributed by atoms with E-state index in [2.05, 4.69) is 92.1 Å². The Hall–Kier alpha value is -2.06. The molecule has 0 aliphatic rings. The van der Waals surface area contributed by atoms with Crippen LogP contribution in [0.5, 0.6) is 0 Å². The highest BCUT2D eigenvalue weighted by atomic mass is 31.2. The number of hydrogen-bond acceptors (Lipinski definition) is 5. The highest BCUT2D eigenvalue weighted by molar-refractivity contribution is 7.47. The van der Waals surface area contributed by atoms with E-state index in [1.54, 1.807) is 0 Å². The first-order valence-corrected chi connectivity index (χ1v) is 33.3. The maximum atomic E-state index is 13.0. The van der Waals surface area contributed by atoms with Crippen LogP contribution in [0.4, 0.5) is 0 Å². The minimum atomic E-state index is -4.34. The summed E-state index contributed by atoms with van der Waals surface area (Å²) >= 11 is 0. The van der Waals surface area contributed by atoms with E-state index in [0.29, 0.717) is 30.3 Å². The summed E-state index contributed by atoms with van der Waals surface area (Å²) in [6.07, 6.45) is 78.5. The van der Waals surface area contributed by atoms with E-state index in [1.165, 1.54) is 186 Å². The molecule has 0 rings (SSSR count). The van der Waals surface area contributed by atoms with E-state index in [9.17, 15) is 19.4 Å². The SMILES string of the molecule is CC/C=C\C/C=C\C/C=C\C/C=C\C/C=C\C/C=C\CCCCC(=O)NC(COP(=O)(O)OCC[N+](C)(C)C)C(O)CCCCCCCCCCCCCCCCCCCCCCCCCCCCCCCCCC. The minimum absolute atomic E-state index is 0.0628. The maximum Gasteiger partial charge on any atom is 0.472 e. The molecule has 438 valence electrons. The van der Waals surface area contributed by atoms with Crippen molar-refractivity contribution in [2.75, 3.05) is 40.9 Å². The molecule has 0 radical (unpaired) electrons. The van der Waals surface area contributed by atoms with E-state index in [0.717, 1.165) is 70.6 Å². The second kappa shape index (κ2) is 56.7. The highest BCUT2D eigenvalue weighted by Gasteiger charge is 2.28. The van der Waals surface area contributed by atoms with Crippen molar-refractivity contribution in [2.24, 2.45) is 0 Å². The molecule has 8 nitrogen and oxygen atoms in total. The molecule has 3 atom stereocenters. The van der Waals surface area contributed by atoms with Crippen LogP contribution in [0.3, 0.4) is 0 Å². The predicted molar refractivity (Wildman–Crippen MR) is 327 cm³/mol. The van der Waals surface area contributed by atoms with Gasteiger partial charge in [0.2, 0.25) is 5.91 Å². The number of aliphatic hydroxyl groups is 1. The standard InChI is InChI=1S/C66H123N2O6P/c1-6-8-10-12-14-16-18-20-22-24-26-28-29-30-31-32-33-34-35-36-37-38-40-41-43-45-47-49-51-53-55-57-59-65(69)64(63-74-75(71,72)73-62-61-68(3,4)5)67-66(70)60-58-56-54-52-50-48-46-44-42-39-27-25-23-21-19-17-15-13-11-9-7-2/h9,11,15,17,21,23,27,39,44,46,50,52,64-65,69H,6-8,10,12-14,16,18-20,22,24-26,28-38,40-43,45,47-49,51,53-63H2,1-5H3,(H-,67,70,71,72)/p+1/b11-9-,17-15-,23-21-,39-27-,46-44-,52-50-. The van der Waals surface area contributed by atoms with Crippen molar-refractivity contribution < 1.29 is 32.9 Å². The monoisotopic (exact) mass is 1070 g/mol. The van der Waals surface area contributed by atoms with Crippen LogP contribution in [0.2, 0.25) is 0 Å². The van der Waals surface area contributed by atoms with Crippen LogP contribution in [-0.4, -0.2) is 73.4 Å². The third kappa shape index (κ3) is 59.4. The molecule has 0 bridgehead atoms. The van der Waals surface area contributed by atoms with Gasteiger partial charge in [-0.3, -0.25) is 13.8 Å². The van der Waals surface area contributed by atoms with Crippen molar-refractivity contribution in [2.45, 2.75) is 302 Å². The van der Waals surface area contributed by atoms with Crippen LogP contribution in [0.15, 0.2) is 72.9 Å². The number of quaternary nitrogens is 1. The van der Waals surface area contributed by atoms with Gasteiger partial charge in [-0.2, -0.15) is 0 Å². The van der Waals surface area contributed by atoms with Crippen LogP contribution in [0, 0.1) is 0 Å². The third-order valence-corrected chi connectivity index (χ3v) is 15.2. The Morgan fingerprint density at radius 2 is 0.800 bits per heavy atom. The summed E-state index contributed by atoms with van der Waals surface area (Å²) in [6, 6.07) is -0.790. The number of phosphoric acid groups is 1. The number of hydrogen-bond donors (Lipinski definition) is 3. The molecule has 9 heteroatoms. The molecule has 0 heterocycles. The molecule has 3 unspecified atom stereocenters. The van der Waals surface area contributed by atoms with E-state index in [4.69, 9.17) is 9.05 Å². The van der Waals surface area contributed by atoms with E-state index in [-0.39, 0.29) is 19.1 Å². The zero-order chi connectivity index (χ0) is 54.9. The maximum absolute atomic E-state index is 13.0. The number of rotatable bonds is 58. The molecule has 0 aromatic rings. The fourth-order valence-electron chi connectivity index (χ4n) is 9.29. The lowest BCUT2D eigenvalue weighted by Crippen LogP contribution is -2.46. The molecular weight excluding hydrogens is 948 g/mol. The number of unbranched alkanes of at least 4 members (excludes halogenated alkanes) is 33. The highest BCUT2D eigenvalue weighted by Crippen LogP contribution is 2.43. The first-order chi connectivity index (χ1) is 36.5. The first kappa shape index (κ1) is 72.9. The Morgan fingerprint density at radius 3 is 1.15 bits per heavy atom. The Labute approximate surface area is 465 Å². The Balaban J connectivity index is 4.11. The number of aliphatic hydroxyl groups excluding tert-OH is 1. The minimum Gasteiger partial charge on any atom is -0.391 e. The molecule has 0 fully saturated rings. The fourth-order valence-corrected chi connectivity index (χ4v) is 10.0. The lowest BCUT2D eigenvalue weighted by atomic mass is 10.0. The molecule has 0 aromatic carbocycles. The van der Waals surface area contributed by atoms with Crippen LogP contribution >= 0.6 is 7.82 Å². The molecule has 0 aliphatic heterocycles. The van der Waals surface area contributed by atoms with Gasteiger partial charge in [0.1, 0.15) is 13.2 Å². The molecular formula is C66H124N2O6P+. The van der Waals surface area contributed by atoms with Crippen LogP contribution < -0.4 is 5.32 Å². The van der Waals surface area contributed by atoms with E-state index in [1.807, 2.05) is 21.1 Å². The molecule has 1 amide bonds. The van der Waals surface area contributed by atoms with Crippen molar-refractivity contribution >= 4 is 13.7 Å². The van der Waals surface area contributed by atoms with Crippen molar-refractivity contribution in [3.8, 4) is 0 Å². The van der Waals surface area contributed by atoms with Crippen molar-refractivity contribution in [3.05, 3.63) is 72.9 Å². The summed E-state index contributed by atoms with van der Waals surface area (Å²) in [6.45, 7) is 4.76. The Morgan fingerprint density at radius 1 is 0.467 bits per heavy atom. The van der Waals surface area contributed by atoms with Crippen molar-refractivity contribution in [1.29, 1.82) is 0 Å². The molecule has 0 saturated heterocycles. The third-order valence-electron chi connectivity index (χ3n) is 14.2. The smallest absolute Gasteiger partial charge is 0.391 e. The molecule has 0 spiro atoms. The zero-order valence-corrected chi connectivity index (χ0v) is 50.9. The quantitative estimate of drug-likeness (QED) is 0.0243. The number of amides is 1. The zero-order valence-electron chi connectivity index (χ0n) is 50.0. The largest absolute Gasteiger partial charge is 0.472 e. The molecule has 0 aliphatic carbocycles. The van der Waals surface area contributed by atoms with Gasteiger partial charge in [0.25, 0.3) is 0 Å². The number of carbonyl (C=O) groups is 1. The van der Waals surface area contributed by atoms with Crippen molar-refractivity contribution in [3.63, 3.8) is 0 Å². The first-order valence-electron chi connectivity index (χ1n) is 31.8. The summed E-state index contributed by atoms with van der Waals surface area (Å²) in [4.78, 5) is 23.4.